The molecular weight excluding hydrogens is 360 g/mol. The quantitative estimate of drug-likeness (QED) is 0.122. The molecule has 0 fully saturated rings. The summed E-state index contributed by atoms with van der Waals surface area (Å²) in [5.74, 6) is 1.02. The van der Waals surface area contributed by atoms with Crippen molar-refractivity contribution in [3.8, 4) is 0 Å². The topological polar surface area (TPSA) is 0 Å². The van der Waals surface area contributed by atoms with Crippen LogP contribution in [0.4, 0.5) is 0 Å². The monoisotopic (exact) mass is 422 g/mol. The smallest absolute Gasteiger partial charge is 0.0417 e. The molecule has 0 amide bonds. The summed E-state index contributed by atoms with van der Waals surface area (Å²) in [6.45, 7) is 7.03. The summed E-state index contributed by atoms with van der Waals surface area (Å²) in [5.41, 5.74) is 0. The van der Waals surface area contributed by atoms with Crippen molar-refractivity contribution in [2.75, 3.05) is 0 Å². The van der Waals surface area contributed by atoms with Gasteiger partial charge >= 0.3 is 0 Å². The van der Waals surface area contributed by atoms with Crippen LogP contribution in [-0.2, 0) is 0 Å². The Kier molecular flexibility index (Phi) is 27.0. The molecule has 0 spiro atoms. The highest BCUT2D eigenvalue weighted by atomic mass is 14.1. The van der Waals surface area contributed by atoms with Gasteiger partial charge in [-0.25, -0.2) is 0 Å². The fourth-order valence-electron chi connectivity index (χ4n) is 4.92. The van der Waals surface area contributed by atoms with Crippen molar-refractivity contribution in [2.24, 2.45) is 5.92 Å². The van der Waals surface area contributed by atoms with Gasteiger partial charge in [0.2, 0.25) is 0 Å². The van der Waals surface area contributed by atoms with Gasteiger partial charge in [0.25, 0.3) is 0 Å². The first-order valence-corrected chi connectivity index (χ1v) is 14.8. The van der Waals surface area contributed by atoms with Crippen molar-refractivity contribution in [1.82, 2.24) is 0 Å². The fourth-order valence-corrected chi connectivity index (χ4v) is 4.92. The van der Waals surface area contributed by atoms with Crippen molar-refractivity contribution in [2.45, 2.75) is 188 Å². The lowest BCUT2D eigenvalue weighted by Gasteiger charge is -2.14. The lowest BCUT2D eigenvalue weighted by molar-refractivity contribution is 0.393. The van der Waals surface area contributed by atoms with E-state index in [1.54, 1.807) is 0 Å². The second-order valence-corrected chi connectivity index (χ2v) is 10.3. The van der Waals surface area contributed by atoms with E-state index in [1.165, 1.54) is 167 Å². The van der Waals surface area contributed by atoms with Gasteiger partial charge in [0, 0.05) is 0 Å². The molecule has 0 bridgehead atoms. The van der Waals surface area contributed by atoms with Gasteiger partial charge in [-0.1, -0.05) is 188 Å². The summed E-state index contributed by atoms with van der Waals surface area (Å²) in [4.78, 5) is 0. The third kappa shape index (κ3) is 24.3. The Labute approximate surface area is 193 Å². The van der Waals surface area contributed by atoms with Crippen LogP contribution in [0.25, 0.3) is 0 Å². The molecule has 0 saturated heterocycles. The largest absolute Gasteiger partial charge is 0.0654 e. The maximum absolute atomic E-state index is 2.41. The van der Waals surface area contributed by atoms with Crippen LogP contribution in [0.15, 0.2) is 0 Å². The summed E-state index contributed by atoms with van der Waals surface area (Å²) < 4.78 is 0. The van der Waals surface area contributed by atoms with Crippen molar-refractivity contribution in [3.05, 3.63) is 0 Å². The van der Waals surface area contributed by atoms with Crippen molar-refractivity contribution < 1.29 is 0 Å². The van der Waals surface area contributed by atoms with Crippen molar-refractivity contribution in [3.63, 3.8) is 0 Å². The molecule has 0 rings (SSSR count). The Morgan fingerprint density at radius 3 is 0.767 bits per heavy atom. The van der Waals surface area contributed by atoms with Crippen LogP contribution in [0.1, 0.15) is 188 Å². The third-order valence-corrected chi connectivity index (χ3v) is 7.26. The van der Waals surface area contributed by atoms with Crippen LogP contribution in [0.2, 0.25) is 0 Å². The van der Waals surface area contributed by atoms with Crippen LogP contribution in [0.5, 0.6) is 0 Å². The molecule has 0 heteroatoms. The number of rotatable bonds is 26. The zero-order valence-electron chi connectivity index (χ0n) is 22.0. The summed E-state index contributed by atoms with van der Waals surface area (Å²) in [6, 6.07) is 0. The van der Waals surface area contributed by atoms with Crippen LogP contribution in [0, 0.1) is 5.92 Å². The summed E-state index contributed by atoms with van der Waals surface area (Å²) in [6.07, 6.45) is 38.3. The average molecular weight is 423 g/mol. The Hall–Kier alpha value is 0. The maximum atomic E-state index is 2.41. The van der Waals surface area contributed by atoms with E-state index in [0.29, 0.717) is 0 Å². The minimum Gasteiger partial charge on any atom is -0.0654 e. The first-order chi connectivity index (χ1) is 14.8. The average Bonchev–Trinajstić information content (AvgIpc) is 2.76. The van der Waals surface area contributed by atoms with Gasteiger partial charge in [-0.3, -0.25) is 0 Å². The van der Waals surface area contributed by atoms with E-state index in [9.17, 15) is 0 Å². The highest BCUT2D eigenvalue weighted by Crippen LogP contribution is 2.22. The van der Waals surface area contributed by atoms with E-state index in [0.717, 1.165) is 5.92 Å². The zero-order chi connectivity index (χ0) is 22.0. The fraction of sp³-hybridized carbons (Fsp3) is 1.00. The second kappa shape index (κ2) is 27.0. The molecule has 30 heavy (non-hydrogen) atoms. The highest BCUT2D eigenvalue weighted by molar-refractivity contribution is 4.59. The normalized spacial score (nSPS) is 12.5. The van der Waals surface area contributed by atoms with E-state index in [1.807, 2.05) is 0 Å². The van der Waals surface area contributed by atoms with E-state index in [-0.39, 0.29) is 0 Å². The Bertz CT molecular complexity index is 282. The molecule has 0 heterocycles. The minimum absolute atomic E-state index is 1.02. The van der Waals surface area contributed by atoms with Gasteiger partial charge in [0.1, 0.15) is 0 Å². The Morgan fingerprint density at radius 1 is 0.300 bits per heavy atom. The lowest BCUT2D eigenvalue weighted by atomic mass is 9.92. The molecule has 0 aliphatic rings. The Morgan fingerprint density at radius 2 is 0.533 bits per heavy atom. The summed E-state index contributed by atoms with van der Waals surface area (Å²) in [5, 5.41) is 0. The molecule has 0 radical (unpaired) electrons. The molecular formula is C30H62. The van der Waals surface area contributed by atoms with Gasteiger partial charge in [-0.15, -0.1) is 0 Å². The molecule has 0 aromatic heterocycles. The van der Waals surface area contributed by atoms with E-state index >= 15 is 0 Å². The van der Waals surface area contributed by atoms with Gasteiger partial charge in [-0.2, -0.15) is 0 Å². The van der Waals surface area contributed by atoms with Crippen LogP contribution in [-0.4, -0.2) is 0 Å². The molecule has 1 unspecified atom stereocenters. The highest BCUT2D eigenvalue weighted by Gasteiger charge is 2.05. The molecule has 0 N–H and O–H groups in total. The van der Waals surface area contributed by atoms with E-state index < -0.39 is 0 Å². The zero-order valence-corrected chi connectivity index (χ0v) is 22.0. The second-order valence-electron chi connectivity index (χ2n) is 10.3. The standard InChI is InChI=1S/C30H62/c1-4-7-9-11-12-13-14-15-16-17-18-19-20-21-22-23-25-27-29-30(6-3)28-26-24-10-8-5-2/h30H,4-29H2,1-3H3. The Balaban J connectivity index is 3.18. The maximum Gasteiger partial charge on any atom is -0.0417 e. The van der Waals surface area contributed by atoms with Crippen LogP contribution in [0.3, 0.4) is 0 Å². The first-order valence-electron chi connectivity index (χ1n) is 14.8. The number of hydrogen-bond donors (Lipinski definition) is 0. The molecule has 0 aliphatic heterocycles. The molecule has 0 aromatic carbocycles. The van der Waals surface area contributed by atoms with E-state index in [2.05, 4.69) is 20.8 Å². The predicted octanol–water partition coefficient (Wildman–Crippen LogP) is 11.8. The predicted molar refractivity (Wildman–Crippen MR) is 141 cm³/mol. The van der Waals surface area contributed by atoms with Crippen LogP contribution < -0.4 is 0 Å². The molecule has 0 aromatic rings. The summed E-state index contributed by atoms with van der Waals surface area (Å²) in [7, 11) is 0. The minimum atomic E-state index is 1.02. The molecule has 0 saturated carbocycles. The van der Waals surface area contributed by atoms with Crippen molar-refractivity contribution >= 4 is 0 Å². The molecule has 0 nitrogen and oxygen atoms in total. The SMILES string of the molecule is CCCCCCCCCCCCCCCCCCCCC(CC)CCCCCCC. The van der Waals surface area contributed by atoms with Gasteiger partial charge < -0.3 is 0 Å². The van der Waals surface area contributed by atoms with E-state index in [4.69, 9.17) is 0 Å². The number of unbranched alkanes of at least 4 members (excludes halogenated alkanes) is 21. The van der Waals surface area contributed by atoms with Gasteiger partial charge in [0.15, 0.2) is 0 Å². The lowest BCUT2D eigenvalue weighted by Crippen LogP contribution is -1.99. The molecule has 0 aliphatic carbocycles. The molecule has 1 atom stereocenters. The first kappa shape index (κ1) is 30.0. The molecule has 182 valence electrons. The van der Waals surface area contributed by atoms with Crippen LogP contribution >= 0.6 is 0 Å². The van der Waals surface area contributed by atoms with Gasteiger partial charge in [0.05, 0.1) is 0 Å². The third-order valence-electron chi connectivity index (χ3n) is 7.26. The number of hydrogen-bond acceptors (Lipinski definition) is 0. The van der Waals surface area contributed by atoms with Gasteiger partial charge in [-0.05, 0) is 5.92 Å². The van der Waals surface area contributed by atoms with Crippen molar-refractivity contribution in [1.29, 1.82) is 0 Å². The summed E-state index contributed by atoms with van der Waals surface area (Å²) >= 11 is 0.